The molecule has 124 valence electrons. The minimum Gasteiger partial charge on any atom is -0.494 e. The highest BCUT2D eigenvalue weighted by Crippen LogP contribution is 2.17. The van der Waals surface area contributed by atoms with Crippen molar-refractivity contribution in [2.75, 3.05) is 19.8 Å². The Morgan fingerprint density at radius 3 is 2.36 bits per heavy atom. The summed E-state index contributed by atoms with van der Waals surface area (Å²) in [7, 11) is 0. The van der Waals surface area contributed by atoms with Gasteiger partial charge in [0.25, 0.3) is 0 Å². The Labute approximate surface area is 146 Å². The Bertz CT molecular complexity index is 444. The van der Waals surface area contributed by atoms with Crippen LogP contribution in [0.1, 0.15) is 31.2 Å². The van der Waals surface area contributed by atoms with Gasteiger partial charge >= 0.3 is 0 Å². The first-order valence-electron chi connectivity index (χ1n) is 7.55. The molecule has 1 aromatic rings. The van der Waals surface area contributed by atoms with E-state index in [4.69, 9.17) is 10.5 Å². The minimum atomic E-state index is -0.905. The number of hydrogen-bond acceptors (Lipinski definition) is 4. The lowest BCUT2D eigenvalue weighted by molar-refractivity contribution is 0.115. The third kappa shape index (κ3) is 7.58. The first kappa shape index (κ1) is 19.4. The summed E-state index contributed by atoms with van der Waals surface area (Å²) in [5.74, 6) is 0.861. The maximum Gasteiger partial charge on any atom is 0.119 e. The molecule has 1 aromatic carbocycles. The van der Waals surface area contributed by atoms with Gasteiger partial charge in [-0.05, 0) is 76.0 Å². The van der Waals surface area contributed by atoms with E-state index in [1.807, 2.05) is 24.3 Å². The second kappa shape index (κ2) is 10.2. The van der Waals surface area contributed by atoms with E-state index in [9.17, 15) is 10.2 Å². The van der Waals surface area contributed by atoms with Gasteiger partial charge in [-0.25, -0.2) is 0 Å². The first-order chi connectivity index (χ1) is 10.5. The normalized spacial score (nSPS) is 11.5. The average Bonchev–Trinajstić information content (AvgIpc) is 2.53. The summed E-state index contributed by atoms with van der Waals surface area (Å²) >= 11 is 2.25. The Hall–Kier alpha value is -0.630. The molecule has 0 radical (unpaired) electrons. The molecular formula is C17H26INO3. The molecule has 0 aliphatic carbocycles. The van der Waals surface area contributed by atoms with E-state index in [2.05, 4.69) is 29.2 Å². The van der Waals surface area contributed by atoms with Crippen molar-refractivity contribution in [3.8, 4) is 5.75 Å². The maximum atomic E-state index is 9.17. The van der Waals surface area contributed by atoms with Crippen LogP contribution in [0.4, 0.5) is 0 Å². The van der Waals surface area contributed by atoms with Crippen LogP contribution in [0.15, 0.2) is 34.4 Å². The number of unbranched alkanes of at least 4 members (excludes halogenated alkanes) is 1. The van der Waals surface area contributed by atoms with Crippen molar-refractivity contribution in [2.24, 2.45) is 5.73 Å². The summed E-state index contributed by atoms with van der Waals surface area (Å²) in [6, 6.07) is 7.89. The summed E-state index contributed by atoms with van der Waals surface area (Å²) in [4.78, 5) is 0. The van der Waals surface area contributed by atoms with Gasteiger partial charge in [-0.15, -0.1) is 0 Å². The van der Waals surface area contributed by atoms with Gasteiger partial charge < -0.3 is 20.7 Å². The van der Waals surface area contributed by atoms with Crippen LogP contribution in [-0.4, -0.2) is 35.6 Å². The largest absolute Gasteiger partial charge is 0.494 e. The molecule has 4 N–H and O–H groups in total. The van der Waals surface area contributed by atoms with Crippen molar-refractivity contribution in [1.29, 1.82) is 0 Å². The van der Waals surface area contributed by atoms with Crippen LogP contribution in [0.25, 0.3) is 0 Å². The molecule has 0 bridgehead atoms. The Balaban J connectivity index is 2.32. The highest BCUT2D eigenvalue weighted by atomic mass is 127. The molecule has 4 nitrogen and oxygen atoms in total. The first-order valence-corrected chi connectivity index (χ1v) is 8.62. The van der Waals surface area contributed by atoms with Gasteiger partial charge in [0.2, 0.25) is 0 Å². The fraction of sp³-hybridized carbons (Fsp3) is 0.529. The SMILES string of the molecule is C=C(I)CCCCOc1ccc(CCC(N)(CO)CO)cc1. The van der Waals surface area contributed by atoms with Gasteiger partial charge in [-0.1, -0.05) is 18.7 Å². The highest BCUT2D eigenvalue weighted by Gasteiger charge is 2.22. The number of rotatable bonds is 11. The van der Waals surface area contributed by atoms with E-state index >= 15 is 0 Å². The summed E-state index contributed by atoms with van der Waals surface area (Å²) < 4.78 is 6.88. The van der Waals surface area contributed by atoms with E-state index in [0.29, 0.717) is 13.0 Å². The van der Waals surface area contributed by atoms with Crippen LogP contribution in [0.5, 0.6) is 5.75 Å². The standard InChI is InChI=1S/C17H26INO3/c1-14(18)4-2-3-11-22-16-7-5-15(6-8-16)9-10-17(19,12-20)13-21/h5-8,20-21H,1-4,9-13,19H2. The number of aryl methyl sites for hydroxylation is 1. The number of ether oxygens (including phenoxy) is 1. The van der Waals surface area contributed by atoms with E-state index in [-0.39, 0.29) is 13.2 Å². The van der Waals surface area contributed by atoms with Gasteiger partial charge in [0.1, 0.15) is 5.75 Å². The summed E-state index contributed by atoms with van der Waals surface area (Å²) in [5, 5.41) is 18.3. The molecule has 0 heterocycles. The second-order valence-corrected chi connectivity index (χ2v) is 7.17. The van der Waals surface area contributed by atoms with Gasteiger partial charge in [-0.2, -0.15) is 0 Å². The molecule has 0 saturated carbocycles. The fourth-order valence-corrected chi connectivity index (χ4v) is 2.34. The quantitative estimate of drug-likeness (QED) is 0.381. The summed E-state index contributed by atoms with van der Waals surface area (Å²) in [5.41, 5.74) is 6.07. The molecule has 22 heavy (non-hydrogen) atoms. The zero-order valence-electron chi connectivity index (χ0n) is 12.9. The fourth-order valence-electron chi connectivity index (χ4n) is 1.96. The zero-order chi connectivity index (χ0) is 16.4. The number of aliphatic hydroxyl groups is 2. The van der Waals surface area contributed by atoms with E-state index in [0.717, 1.165) is 37.0 Å². The Morgan fingerprint density at radius 2 is 1.82 bits per heavy atom. The van der Waals surface area contributed by atoms with Crippen molar-refractivity contribution in [3.63, 3.8) is 0 Å². The molecule has 0 aromatic heterocycles. The van der Waals surface area contributed by atoms with Gasteiger partial charge in [-0.3, -0.25) is 0 Å². The molecule has 0 atom stereocenters. The smallest absolute Gasteiger partial charge is 0.119 e. The van der Waals surface area contributed by atoms with Crippen molar-refractivity contribution < 1.29 is 14.9 Å². The van der Waals surface area contributed by atoms with Crippen molar-refractivity contribution in [3.05, 3.63) is 40.0 Å². The molecule has 0 spiro atoms. The topological polar surface area (TPSA) is 75.7 Å². The van der Waals surface area contributed by atoms with Crippen LogP contribution >= 0.6 is 22.6 Å². The van der Waals surface area contributed by atoms with Crippen molar-refractivity contribution in [2.45, 2.75) is 37.6 Å². The molecule has 0 fully saturated rings. The molecule has 0 unspecified atom stereocenters. The number of aliphatic hydroxyl groups excluding tert-OH is 2. The third-order valence-corrected chi connectivity index (χ3v) is 4.12. The maximum absolute atomic E-state index is 9.17. The lowest BCUT2D eigenvalue weighted by Crippen LogP contribution is -2.47. The second-order valence-electron chi connectivity index (χ2n) is 5.65. The van der Waals surface area contributed by atoms with Crippen LogP contribution in [0, 0.1) is 0 Å². The Morgan fingerprint density at radius 1 is 1.18 bits per heavy atom. The number of allylic oxidation sites excluding steroid dienone is 1. The van der Waals surface area contributed by atoms with Crippen LogP contribution in [-0.2, 0) is 6.42 Å². The van der Waals surface area contributed by atoms with Crippen molar-refractivity contribution >= 4 is 22.6 Å². The monoisotopic (exact) mass is 419 g/mol. The predicted molar refractivity (Wildman–Crippen MR) is 98.4 cm³/mol. The predicted octanol–water partition coefficient (Wildman–Crippen LogP) is 2.80. The van der Waals surface area contributed by atoms with E-state index in [1.165, 1.54) is 3.58 Å². The number of hydrogen-bond donors (Lipinski definition) is 3. The van der Waals surface area contributed by atoms with E-state index in [1.54, 1.807) is 0 Å². The molecule has 1 rings (SSSR count). The summed E-state index contributed by atoms with van der Waals surface area (Å²) in [6.45, 7) is 4.16. The lowest BCUT2D eigenvalue weighted by atomic mass is 9.94. The lowest BCUT2D eigenvalue weighted by Gasteiger charge is -2.24. The van der Waals surface area contributed by atoms with E-state index < -0.39 is 5.54 Å². The third-order valence-electron chi connectivity index (χ3n) is 3.58. The Kier molecular flexibility index (Phi) is 9.00. The van der Waals surface area contributed by atoms with Gasteiger partial charge in [0, 0.05) is 0 Å². The molecule has 0 amide bonds. The molecule has 0 aliphatic rings. The molecule has 0 aliphatic heterocycles. The summed E-state index contributed by atoms with van der Waals surface area (Å²) in [6.07, 6.45) is 4.42. The number of halogens is 1. The minimum absolute atomic E-state index is 0.214. The highest BCUT2D eigenvalue weighted by molar-refractivity contribution is 14.1. The van der Waals surface area contributed by atoms with Crippen LogP contribution < -0.4 is 10.5 Å². The van der Waals surface area contributed by atoms with Crippen molar-refractivity contribution in [1.82, 2.24) is 0 Å². The number of benzene rings is 1. The molecular weight excluding hydrogens is 393 g/mol. The molecule has 0 saturated heterocycles. The van der Waals surface area contributed by atoms with Crippen LogP contribution in [0.3, 0.4) is 0 Å². The van der Waals surface area contributed by atoms with Gasteiger partial charge in [0.15, 0.2) is 0 Å². The molecule has 5 heteroatoms. The van der Waals surface area contributed by atoms with Gasteiger partial charge in [0.05, 0.1) is 25.4 Å². The zero-order valence-corrected chi connectivity index (χ0v) is 15.1. The average molecular weight is 419 g/mol. The van der Waals surface area contributed by atoms with Crippen LogP contribution in [0.2, 0.25) is 0 Å². The number of nitrogens with two attached hydrogens (primary N) is 1.